The summed E-state index contributed by atoms with van der Waals surface area (Å²) in [5.74, 6) is 0.734. The fourth-order valence-electron chi connectivity index (χ4n) is 2.63. The van der Waals surface area contributed by atoms with E-state index in [1.54, 1.807) is 0 Å². The first-order valence-electron chi connectivity index (χ1n) is 8.14. The Morgan fingerprint density at radius 2 is 1.86 bits per heavy atom. The van der Waals surface area contributed by atoms with E-state index in [4.69, 9.17) is 0 Å². The number of hydrogen-bond acceptors (Lipinski definition) is 3. The van der Waals surface area contributed by atoms with Crippen molar-refractivity contribution >= 4 is 0 Å². The van der Waals surface area contributed by atoms with Crippen LogP contribution in [-0.2, 0) is 5.54 Å². The average Bonchev–Trinajstić information content (AvgIpc) is 2.50. The standard InChI is InChI=1S/C18H32N2O/c1-5-19-18(15-21,17-9-7-6-8-10-17)12-14-20(4)13-11-16(2)3/h6-10,16,19,21H,5,11-15H2,1-4H3. The smallest absolute Gasteiger partial charge is 0.0681 e. The van der Waals surface area contributed by atoms with E-state index in [1.807, 2.05) is 18.2 Å². The molecule has 0 aromatic heterocycles. The van der Waals surface area contributed by atoms with Crippen LogP contribution in [0, 0.1) is 5.92 Å². The van der Waals surface area contributed by atoms with Gasteiger partial charge in [0.2, 0.25) is 0 Å². The van der Waals surface area contributed by atoms with Crippen molar-refractivity contribution in [1.82, 2.24) is 10.2 Å². The lowest BCUT2D eigenvalue weighted by Gasteiger charge is -2.35. The quantitative estimate of drug-likeness (QED) is 0.696. The molecule has 0 heterocycles. The molecule has 3 nitrogen and oxygen atoms in total. The largest absolute Gasteiger partial charge is 0.394 e. The van der Waals surface area contributed by atoms with E-state index in [9.17, 15) is 5.11 Å². The summed E-state index contributed by atoms with van der Waals surface area (Å²) in [4.78, 5) is 2.37. The van der Waals surface area contributed by atoms with E-state index < -0.39 is 0 Å². The van der Waals surface area contributed by atoms with Gasteiger partial charge in [0.15, 0.2) is 0 Å². The van der Waals surface area contributed by atoms with Gasteiger partial charge in [0.1, 0.15) is 0 Å². The van der Waals surface area contributed by atoms with Crippen LogP contribution in [0.2, 0.25) is 0 Å². The normalized spacial score (nSPS) is 14.6. The van der Waals surface area contributed by atoms with Crippen LogP contribution in [-0.4, -0.2) is 43.3 Å². The van der Waals surface area contributed by atoms with Gasteiger partial charge in [0.25, 0.3) is 0 Å². The molecule has 0 fully saturated rings. The zero-order valence-corrected chi connectivity index (χ0v) is 14.1. The molecule has 120 valence electrons. The van der Waals surface area contributed by atoms with Crippen LogP contribution in [0.5, 0.6) is 0 Å². The van der Waals surface area contributed by atoms with Crippen molar-refractivity contribution in [2.75, 3.05) is 33.3 Å². The van der Waals surface area contributed by atoms with Gasteiger partial charge in [-0.3, -0.25) is 0 Å². The summed E-state index contributed by atoms with van der Waals surface area (Å²) in [6.07, 6.45) is 2.13. The highest BCUT2D eigenvalue weighted by atomic mass is 16.3. The molecule has 1 rings (SSSR count). The fraction of sp³-hybridized carbons (Fsp3) is 0.667. The Kier molecular flexibility index (Phi) is 7.94. The number of likely N-dealkylation sites (N-methyl/N-ethyl adjacent to an activating group) is 1. The van der Waals surface area contributed by atoms with Crippen molar-refractivity contribution in [3.8, 4) is 0 Å². The Balaban J connectivity index is 2.70. The summed E-state index contributed by atoms with van der Waals surface area (Å²) in [5, 5.41) is 13.5. The molecule has 0 saturated carbocycles. The molecule has 1 aromatic carbocycles. The predicted octanol–water partition coefficient (Wildman–Crippen LogP) is 2.85. The van der Waals surface area contributed by atoms with Gasteiger partial charge in [0.05, 0.1) is 12.1 Å². The van der Waals surface area contributed by atoms with Crippen LogP contribution in [0.15, 0.2) is 30.3 Å². The zero-order chi connectivity index (χ0) is 15.7. The summed E-state index contributed by atoms with van der Waals surface area (Å²) >= 11 is 0. The fourth-order valence-corrected chi connectivity index (χ4v) is 2.63. The molecule has 0 bridgehead atoms. The summed E-state index contributed by atoms with van der Waals surface area (Å²) in [7, 11) is 2.17. The van der Waals surface area contributed by atoms with Crippen LogP contribution < -0.4 is 5.32 Å². The van der Waals surface area contributed by atoms with Crippen LogP contribution in [0.3, 0.4) is 0 Å². The Morgan fingerprint density at radius 1 is 1.19 bits per heavy atom. The van der Waals surface area contributed by atoms with Crippen molar-refractivity contribution in [2.45, 2.75) is 39.2 Å². The third-order valence-corrected chi connectivity index (χ3v) is 4.12. The molecule has 0 aliphatic carbocycles. The third-order valence-electron chi connectivity index (χ3n) is 4.12. The molecule has 0 amide bonds. The van der Waals surface area contributed by atoms with Gasteiger partial charge in [-0.05, 0) is 44.5 Å². The Labute approximate surface area is 130 Å². The van der Waals surface area contributed by atoms with Crippen LogP contribution >= 0.6 is 0 Å². The highest BCUT2D eigenvalue weighted by molar-refractivity contribution is 5.24. The molecule has 0 spiro atoms. The van der Waals surface area contributed by atoms with Gasteiger partial charge in [-0.2, -0.15) is 0 Å². The summed E-state index contributed by atoms with van der Waals surface area (Å²) in [6, 6.07) is 10.3. The van der Waals surface area contributed by atoms with Crippen LogP contribution in [0.1, 0.15) is 39.2 Å². The predicted molar refractivity (Wildman–Crippen MR) is 90.5 cm³/mol. The molecule has 0 aliphatic heterocycles. The minimum absolute atomic E-state index is 0.128. The second-order valence-electron chi connectivity index (χ2n) is 6.37. The van der Waals surface area contributed by atoms with Crippen molar-refractivity contribution in [3.05, 3.63) is 35.9 Å². The second kappa shape index (κ2) is 9.19. The van der Waals surface area contributed by atoms with Crippen molar-refractivity contribution < 1.29 is 5.11 Å². The lowest BCUT2D eigenvalue weighted by Crippen LogP contribution is -2.47. The van der Waals surface area contributed by atoms with E-state index in [0.29, 0.717) is 0 Å². The second-order valence-corrected chi connectivity index (χ2v) is 6.37. The van der Waals surface area contributed by atoms with E-state index in [1.165, 1.54) is 12.0 Å². The first-order chi connectivity index (χ1) is 10.0. The zero-order valence-electron chi connectivity index (χ0n) is 14.1. The molecule has 21 heavy (non-hydrogen) atoms. The Bertz CT molecular complexity index is 380. The molecular weight excluding hydrogens is 260 g/mol. The first-order valence-corrected chi connectivity index (χ1v) is 8.14. The minimum atomic E-state index is -0.331. The van der Waals surface area contributed by atoms with Gasteiger partial charge in [-0.1, -0.05) is 51.1 Å². The topological polar surface area (TPSA) is 35.5 Å². The highest BCUT2D eigenvalue weighted by Gasteiger charge is 2.30. The van der Waals surface area contributed by atoms with Crippen LogP contribution in [0.25, 0.3) is 0 Å². The maximum Gasteiger partial charge on any atom is 0.0681 e. The van der Waals surface area contributed by atoms with E-state index in [2.05, 4.69) is 50.2 Å². The third kappa shape index (κ3) is 5.77. The monoisotopic (exact) mass is 292 g/mol. The lowest BCUT2D eigenvalue weighted by atomic mass is 9.87. The van der Waals surface area contributed by atoms with E-state index in [-0.39, 0.29) is 12.1 Å². The molecule has 0 radical (unpaired) electrons. The van der Waals surface area contributed by atoms with Crippen molar-refractivity contribution in [3.63, 3.8) is 0 Å². The summed E-state index contributed by atoms with van der Waals surface area (Å²) in [6.45, 7) is 9.68. The van der Waals surface area contributed by atoms with Gasteiger partial charge < -0.3 is 15.3 Å². The van der Waals surface area contributed by atoms with Crippen molar-refractivity contribution in [2.24, 2.45) is 5.92 Å². The maximum atomic E-state index is 10.0. The maximum absolute atomic E-state index is 10.0. The number of nitrogens with one attached hydrogen (secondary N) is 1. The van der Waals surface area contributed by atoms with Gasteiger partial charge >= 0.3 is 0 Å². The lowest BCUT2D eigenvalue weighted by molar-refractivity contribution is 0.137. The van der Waals surface area contributed by atoms with Crippen LogP contribution in [0.4, 0.5) is 0 Å². The molecule has 0 aliphatic rings. The molecule has 1 atom stereocenters. The number of aliphatic hydroxyl groups excluding tert-OH is 1. The molecule has 3 heteroatoms. The Morgan fingerprint density at radius 3 is 2.38 bits per heavy atom. The minimum Gasteiger partial charge on any atom is -0.394 e. The molecular formula is C18H32N2O. The number of aliphatic hydroxyl groups is 1. The van der Waals surface area contributed by atoms with Gasteiger partial charge in [-0.25, -0.2) is 0 Å². The van der Waals surface area contributed by atoms with Gasteiger partial charge in [0, 0.05) is 6.54 Å². The number of rotatable bonds is 10. The van der Waals surface area contributed by atoms with Crippen molar-refractivity contribution in [1.29, 1.82) is 0 Å². The molecule has 2 N–H and O–H groups in total. The molecule has 1 unspecified atom stereocenters. The Hall–Kier alpha value is -0.900. The molecule has 0 saturated heterocycles. The number of nitrogens with zero attached hydrogens (tertiary/aromatic N) is 1. The highest BCUT2D eigenvalue weighted by Crippen LogP contribution is 2.25. The van der Waals surface area contributed by atoms with E-state index in [0.717, 1.165) is 32.0 Å². The average molecular weight is 292 g/mol. The summed E-state index contributed by atoms with van der Waals surface area (Å²) in [5.41, 5.74) is 0.842. The SMILES string of the molecule is CCNC(CO)(CCN(C)CCC(C)C)c1ccccc1. The number of benzene rings is 1. The summed E-state index contributed by atoms with van der Waals surface area (Å²) < 4.78 is 0. The molecule has 1 aromatic rings. The number of hydrogen-bond donors (Lipinski definition) is 2. The van der Waals surface area contributed by atoms with Gasteiger partial charge in [-0.15, -0.1) is 0 Å². The first kappa shape index (κ1) is 18.1. The van der Waals surface area contributed by atoms with E-state index >= 15 is 0 Å².